The van der Waals surface area contributed by atoms with Crippen LogP contribution in [-0.4, -0.2) is 28.6 Å². The Morgan fingerprint density at radius 2 is 2.47 bits per heavy atom. The van der Waals surface area contributed by atoms with Crippen molar-refractivity contribution < 1.29 is 9.90 Å². The average Bonchev–Trinajstić information content (AvgIpc) is 2.29. The van der Waals surface area contributed by atoms with Gasteiger partial charge in [0.1, 0.15) is 0 Å². The number of amides is 1. The Morgan fingerprint density at radius 3 is 3.07 bits per heavy atom. The van der Waals surface area contributed by atoms with Gasteiger partial charge in [0.15, 0.2) is 0 Å². The molecule has 0 saturated heterocycles. The van der Waals surface area contributed by atoms with Gasteiger partial charge >= 0.3 is 0 Å². The molecule has 0 radical (unpaired) electrons. The fourth-order valence-electron chi connectivity index (χ4n) is 1.16. The number of carbonyl (C=O) groups excluding carboxylic acids is 1. The minimum absolute atomic E-state index is 0.147. The Balaban J connectivity index is 2.31. The average molecular weight is 208 g/mol. The summed E-state index contributed by atoms with van der Waals surface area (Å²) in [5, 5.41) is 12.0. The first-order valence-electron chi connectivity index (χ1n) is 5.10. The van der Waals surface area contributed by atoms with E-state index in [1.807, 2.05) is 6.92 Å². The van der Waals surface area contributed by atoms with E-state index in [0.717, 1.165) is 0 Å². The minimum atomic E-state index is -0.334. The van der Waals surface area contributed by atoms with Crippen LogP contribution in [-0.2, 0) is 0 Å². The third-order valence-corrected chi connectivity index (χ3v) is 2.16. The number of aromatic nitrogens is 1. The molecule has 15 heavy (non-hydrogen) atoms. The van der Waals surface area contributed by atoms with Gasteiger partial charge in [-0.05, 0) is 25.0 Å². The van der Waals surface area contributed by atoms with Crippen LogP contribution in [0.4, 0.5) is 0 Å². The molecule has 82 valence electrons. The Kier molecular flexibility index (Phi) is 4.77. The molecule has 4 heteroatoms. The summed E-state index contributed by atoms with van der Waals surface area (Å²) < 4.78 is 0. The van der Waals surface area contributed by atoms with E-state index < -0.39 is 0 Å². The predicted octanol–water partition coefficient (Wildman–Crippen LogP) is 0.972. The fraction of sp³-hybridized carbons (Fsp3) is 0.455. The van der Waals surface area contributed by atoms with Crippen molar-refractivity contribution in [1.82, 2.24) is 10.3 Å². The molecule has 1 amide bonds. The second-order valence-corrected chi connectivity index (χ2v) is 3.35. The van der Waals surface area contributed by atoms with E-state index >= 15 is 0 Å². The van der Waals surface area contributed by atoms with E-state index in [2.05, 4.69) is 10.3 Å². The number of rotatable bonds is 5. The van der Waals surface area contributed by atoms with Gasteiger partial charge in [0.2, 0.25) is 0 Å². The summed E-state index contributed by atoms with van der Waals surface area (Å²) in [5.74, 6) is -0.147. The standard InChI is InChI=1S/C11H16N2O2/c1-2-10(14)5-7-13-11(15)9-4-3-6-12-8-9/h3-4,6,8,10,14H,2,5,7H2,1H3,(H,13,15). The number of hydrogen-bond donors (Lipinski definition) is 2. The SMILES string of the molecule is CCC(O)CCNC(=O)c1cccnc1. The minimum Gasteiger partial charge on any atom is -0.393 e. The van der Waals surface area contributed by atoms with Crippen LogP contribution < -0.4 is 5.32 Å². The zero-order valence-electron chi connectivity index (χ0n) is 8.81. The van der Waals surface area contributed by atoms with Gasteiger partial charge in [-0.15, -0.1) is 0 Å². The molecule has 1 aromatic heterocycles. The number of hydrogen-bond acceptors (Lipinski definition) is 3. The molecular weight excluding hydrogens is 192 g/mol. The molecule has 1 aromatic rings. The van der Waals surface area contributed by atoms with Gasteiger partial charge in [0.25, 0.3) is 5.91 Å². The van der Waals surface area contributed by atoms with E-state index in [0.29, 0.717) is 24.9 Å². The highest BCUT2D eigenvalue weighted by Gasteiger charge is 2.05. The molecule has 1 heterocycles. The maximum Gasteiger partial charge on any atom is 0.252 e. The van der Waals surface area contributed by atoms with Crippen LogP contribution in [0.3, 0.4) is 0 Å². The van der Waals surface area contributed by atoms with E-state index in [4.69, 9.17) is 0 Å². The lowest BCUT2D eigenvalue weighted by Crippen LogP contribution is -2.27. The van der Waals surface area contributed by atoms with Gasteiger partial charge < -0.3 is 10.4 Å². The summed E-state index contributed by atoms with van der Waals surface area (Å²) in [6.45, 7) is 2.40. The van der Waals surface area contributed by atoms with Crippen LogP contribution in [0.5, 0.6) is 0 Å². The molecule has 1 unspecified atom stereocenters. The molecule has 0 saturated carbocycles. The van der Waals surface area contributed by atoms with Crippen molar-refractivity contribution >= 4 is 5.91 Å². The van der Waals surface area contributed by atoms with Crippen LogP contribution in [0.1, 0.15) is 30.1 Å². The summed E-state index contributed by atoms with van der Waals surface area (Å²) >= 11 is 0. The second kappa shape index (κ2) is 6.14. The van der Waals surface area contributed by atoms with Gasteiger partial charge in [-0.2, -0.15) is 0 Å². The van der Waals surface area contributed by atoms with Gasteiger partial charge in [-0.25, -0.2) is 0 Å². The largest absolute Gasteiger partial charge is 0.393 e. The van der Waals surface area contributed by atoms with Crippen LogP contribution >= 0.6 is 0 Å². The monoisotopic (exact) mass is 208 g/mol. The Bertz CT molecular complexity index is 301. The molecular formula is C11H16N2O2. The molecule has 0 aliphatic carbocycles. The first-order valence-corrected chi connectivity index (χ1v) is 5.10. The molecule has 0 fully saturated rings. The Labute approximate surface area is 89.3 Å². The number of nitrogens with zero attached hydrogens (tertiary/aromatic N) is 1. The van der Waals surface area contributed by atoms with Gasteiger partial charge in [-0.3, -0.25) is 9.78 Å². The van der Waals surface area contributed by atoms with Crippen molar-refractivity contribution in [1.29, 1.82) is 0 Å². The molecule has 0 aliphatic heterocycles. The Morgan fingerprint density at radius 1 is 1.67 bits per heavy atom. The first-order chi connectivity index (χ1) is 7.24. The van der Waals surface area contributed by atoms with Gasteiger partial charge in [-0.1, -0.05) is 6.92 Å². The maximum absolute atomic E-state index is 11.5. The second-order valence-electron chi connectivity index (χ2n) is 3.35. The molecule has 0 bridgehead atoms. The number of carbonyl (C=O) groups is 1. The van der Waals surface area contributed by atoms with Crippen molar-refractivity contribution in [3.8, 4) is 0 Å². The lowest BCUT2D eigenvalue weighted by Gasteiger charge is -2.08. The van der Waals surface area contributed by atoms with Crippen LogP contribution in [0, 0.1) is 0 Å². The number of aliphatic hydroxyl groups is 1. The van der Waals surface area contributed by atoms with Crippen molar-refractivity contribution in [2.24, 2.45) is 0 Å². The number of aliphatic hydroxyl groups excluding tert-OH is 1. The lowest BCUT2D eigenvalue weighted by atomic mass is 10.2. The van der Waals surface area contributed by atoms with Crippen molar-refractivity contribution in [2.75, 3.05) is 6.54 Å². The van der Waals surface area contributed by atoms with E-state index in [1.54, 1.807) is 18.3 Å². The molecule has 0 aromatic carbocycles. The molecule has 2 N–H and O–H groups in total. The molecule has 4 nitrogen and oxygen atoms in total. The first kappa shape index (κ1) is 11.7. The zero-order chi connectivity index (χ0) is 11.1. The summed E-state index contributed by atoms with van der Waals surface area (Å²) in [6.07, 6.45) is 4.10. The highest BCUT2D eigenvalue weighted by atomic mass is 16.3. The van der Waals surface area contributed by atoms with Crippen LogP contribution in [0.2, 0.25) is 0 Å². The van der Waals surface area contributed by atoms with E-state index in [9.17, 15) is 9.90 Å². The third kappa shape index (κ3) is 4.08. The molecule has 0 spiro atoms. The highest BCUT2D eigenvalue weighted by Crippen LogP contribution is 1.97. The highest BCUT2D eigenvalue weighted by molar-refractivity contribution is 5.93. The zero-order valence-corrected chi connectivity index (χ0v) is 8.81. The predicted molar refractivity (Wildman–Crippen MR) is 57.5 cm³/mol. The van der Waals surface area contributed by atoms with Gasteiger partial charge in [0.05, 0.1) is 11.7 Å². The van der Waals surface area contributed by atoms with Crippen molar-refractivity contribution in [2.45, 2.75) is 25.9 Å². The Hall–Kier alpha value is -1.42. The number of nitrogens with one attached hydrogen (secondary N) is 1. The quantitative estimate of drug-likeness (QED) is 0.758. The van der Waals surface area contributed by atoms with Crippen LogP contribution in [0.25, 0.3) is 0 Å². The summed E-state index contributed by atoms with van der Waals surface area (Å²) in [5.41, 5.74) is 0.545. The van der Waals surface area contributed by atoms with Crippen LogP contribution in [0.15, 0.2) is 24.5 Å². The number of pyridine rings is 1. The normalized spacial score (nSPS) is 12.1. The summed E-state index contributed by atoms with van der Waals surface area (Å²) in [7, 11) is 0. The smallest absolute Gasteiger partial charge is 0.252 e. The van der Waals surface area contributed by atoms with Crippen molar-refractivity contribution in [3.05, 3.63) is 30.1 Å². The summed E-state index contributed by atoms with van der Waals surface area (Å²) in [4.78, 5) is 15.3. The molecule has 1 atom stereocenters. The van der Waals surface area contributed by atoms with Crippen molar-refractivity contribution in [3.63, 3.8) is 0 Å². The van der Waals surface area contributed by atoms with E-state index in [1.165, 1.54) is 6.20 Å². The van der Waals surface area contributed by atoms with E-state index in [-0.39, 0.29) is 12.0 Å². The summed E-state index contributed by atoms with van der Waals surface area (Å²) in [6, 6.07) is 3.42. The molecule has 0 aliphatic rings. The third-order valence-electron chi connectivity index (χ3n) is 2.16. The topological polar surface area (TPSA) is 62.2 Å². The maximum atomic E-state index is 11.5. The molecule has 1 rings (SSSR count). The fourth-order valence-corrected chi connectivity index (χ4v) is 1.16. The van der Waals surface area contributed by atoms with Gasteiger partial charge in [0, 0.05) is 18.9 Å². The lowest BCUT2D eigenvalue weighted by molar-refractivity contribution is 0.0941.